The molecule has 0 amide bonds. The maximum Gasteiger partial charge on any atom is 0.0541 e. The van der Waals surface area contributed by atoms with Gasteiger partial charge >= 0.3 is 0 Å². The monoisotopic (exact) mass is 705 g/mol. The lowest BCUT2D eigenvalue weighted by Gasteiger charge is -2.23. The topological polar surface area (TPSA) is 4.93 Å². The Morgan fingerprint density at radius 1 is 0.418 bits per heavy atom. The van der Waals surface area contributed by atoms with Gasteiger partial charge < -0.3 is 4.57 Å². The van der Waals surface area contributed by atoms with Crippen LogP contribution in [0.2, 0.25) is 0 Å². The Labute approximate surface area is 324 Å². The van der Waals surface area contributed by atoms with Crippen LogP contribution in [0.1, 0.15) is 47.6 Å². The van der Waals surface area contributed by atoms with Crippen molar-refractivity contribution in [1.29, 1.82) is 0 Å². The largest absolute Gasteiger partial charge is 0.309 e. The van der Waals surface area contributed by atoms with Crippen molar-refractivity contribution in [1.82, 2.24) is 4.57 Å². The van der Waals surface area contributed by atoms with Crippen molar-refractivity contribution in [3.05, 3.63) is 222 Å². The van der Waals surface area contributed by atoms with Crippen molar-refractivity contribution in [2.75, 3.05) is 0 Å². The average molecular weight is 706 g/mol. The van der Waals surface area contributed by atoms with Gasteiger partial charge in [0.1, 0.15) is 0 Å². The second kappa shape index (κ2) is 13.4. The molecular formula is C54H43N. The summed E-state index contributed by atoms with van der Waals surface area (Å²) in [6.45, 7) is 4.75. The van der Waals surface area contributed by atoms with Crippen LogP contribution in [0.5, 0.6) is 0 Å². The zero-order chi connectivity index (χ0) is 36.9. The second-order valence-electron chi connectivity index (χ2n) is 15.8. The summed E-state index contributed by atoms with van der Waals surface area (Å²) < 4.78 is 2.38. The molecule has 0 spiro atoms. The van der Waals surface area contributed by atoms with E-state index in [2.05, 4.69) is 213 Å². The first kappa shape index (κ1) is 33.2. The number of para-hydroxylation sites is 2. The lowest BCUT2D eigenvalue weighted by molar-refractivity contribution is 0.652. The first-order chi connectivity index (χ1) is 27.0. The van der Waals surface area contributed by atoms with Gasteiger partial charge in [0, 0.05) is 21.9 Å². The molecule has 0 aliphatic heterocycles. The van der Waals surface area contributed by atoms with Crippen molar-refractivity contribution in [2.24, 2.45) is 0 Å². The third-order valence-corrected chi connectivity index (χ3v) is 12.1. The highest BCUT2D eigenvalue weighted by Crippen LogP contribution is 2.49. The van der Waals surface area contributed by atoms with E-state index in [1.165, 1.54) is 88.7 Å². The molecule has 1 nitrogen and oxygen atoms in total. The van der Waals surface area contributed by atoms with E-state index in [0.29, 0.717) is 5.92 Å². The Balaban J connectivity index is 0.975. The molecule has 1 atom stereocenters. The highest BCUT2D eigenvalue weighted by Gasteiger charge is 2.35. The van der Waals surface area contributed by atoms with Crippen molar-refractivity contribution < 1.29 is 0 Å². The number of benzene rings is 8. The third kappa shape index (κ3) is 5.88. The van der Waals surface area contributed by atoms with Crippen molar-refractivity contribution in [2.45, 2.75) is 38.0 Å². The van der Waals surface area contributed by atoms with E-state index in [9.17, 15) is 0 Å². The molecule has 1 heteroatoms. The summed E-state index contributed by atoms with van der Waals surface area (Å²) in [5.41, 5.74) is 18.4. The zero-order valence-corrected chi connectivity index (χ0v) is 31.4. The molecule has 0 saturated heterocycles. The lowest BCUT2D eigenvalue weighted by Crippen LogP contribution is -2.15. The smallest absolute Gasteiger partial charge is 0.0541 e. The van der Waals surface area contributed by atoms with Gasteiger partial charge in [-0.15, -0.1) is 0 Å². The SMILES string of the molecule is CC1(C)c2ccccc2-c2ccc(CC(Cc3ccc(-c4ccc5c(c4)c4ccccc4n5-c4ccccc4)cc3)c3ccc(-c4ccccc4)cc3)cc21. The van der Waals surface area contributed by atoms with Crippen LogP contribution in [0.4, 0.5) is 0 Å². The van der Waals surface area contributed by atoms with Gasteiger partial charge in [-0.05, 0) is 110 Å². The molecule has 0 saturated carbocycles. The van der Waals surface area contributed by atoms with Crippen molar-refractivity contribution in [3.8, 4) is 39.1 Å². The lowest BCUT2D eigenvalue weighted by atomic mass is 9.80. The van der Waals surface area contributed by atoms with Crippen LogP contribution in [0, 0.1) is 0 Å². The molecule has 9 aromatic rings. The molecule has 0 radical (unpaired) electrons. The molecule has 1 unspecified atom stereocenters. The van der Waals surface area contributed by atoms with E-state index in [0.717, 1.165) is 12.8 Å². The fourth-order valence-corrected chi connectivity index (χ4v) is 9.17. The van der Waals surface area contributed by atoms with Crippen LogP contribution in [-0.2, 0) is 18.3 Å². The van der Waals surface area contributed by atoms with Gasteiger partial charge in [-0.2, -0.15) is 0 Å². The second-order valence-corrected chi connectivity index (χ2v) is 15.8. The van der Waals surface area contributed by atoms with Gasteiger partial charge in [0.15, 0.2) is 0 Å². The van der Waals surface area contributed by atoms with Gasteiger partial charge in [-0.1, -0.05) is 178 Å². The summed E-state index contributed by atoms with van der Waals surface area (Å²) in [5, 5.41) is 2.56. The number of aromatic nitrogens is 1. The van der Waals surface area contributed by atoms with Gasteiger partial charge in [0.2, 0.25) is 0 Å². The predicted molar refractivity (Wildman–Crippen MR) is 232 cm³/mol. The van der Waals surface area contributed by atoms with Crippen LogP contribution < -0.4 is 0 Å². The van der Waals surface area contributed by atoms with E-state index in [-0.39, 0.29) is 5.41 Å². The Hall–Kier alpha value is -6.44. The summed E-state index contributed by atoms with van der Waals surface area (Å²) in [7, 11) is 0. The Morgan fingerprint density at radius 3 is 1.78 bits per heavy atom. The van der Waals surface area contributed by atoms with Gasteiger partial charge in [-0.3, -0.25) is 0 Å². The molecule has 1 aromatic heterocycles. The molecule has 0 N–H and O–H groups in total. The summed E-state index contributed by atoms with van der Waals surface area (Å²) in [6.07, 6.45) is 1.95. The molecule has 1 aliphatic carbocycles. The quantitative estimate of drug-likeness (QED) is 0.148. The average Bonchev–Trinajstić information content (AvgIpc) is 3.69. The molecule has 1 heterocycles. The van der Waals surface area contributed by atoms with Crippen LogP contribution >= 0.6 is 0 Å². The molecule has 55 heavy (non-hydrogen) atoms. The molecule has 264 valence electrons. The zero-order valence-electron chi connectivity index (χ0n) is 31.4. The molecule has 1 aliphatic rings. The van der Waals surface area contributed by atoms with Crippen LogP contribution in [0.3, 0.4) is 0 Å². The van der Waals surface area contributed by atoms with E-state index in [4.69, 9.17) is 0 Å². The van der Waals surface area contributed by atoms with Crippen LogP contribution in [0.15, 0.2) is 194 Å². The number of hydrogen-bond acceptors (Lipinski definition) is 0. The normalized spacial score (nSPS) is 13.5. The number of nitrogens with zero attached hydrogens (tertiary/aromatic N) is 1. The summed E-state index contributed by atoms with van der Waals surface area (Å²) in [4.78, 5) is 0. The number of fused-ring (bicyclic) bond motifs is 6. The van der Waals surface area contributed by atoms with Gasteiger partial charge in [0.25, 0.3) is 0 Å². The van der Waals surface area contributed by atoms with Crippen LogP contribution in [0.25, 0.3) is 60.9 Å². The predicted octanol–water partition coefficient (Wildman–Crippen LogP) is 14.0. The highest BCUT2D eigenvalue weighted by atomic mass is 15.0. The summed E-state index contributed by atoms with van der Waals surface area (Å²) in [5.74, 6) is 0.334. The molecule has 10 rings (SSSR count). The summed E-state index contributed by atoms with van der Waals surface area (Å²) in [6, 6.07) is 71.9. The highest BCUT2D eigenvalue weighted by molar-refractivity contribution is 6.10. The minimum Gasteiger partial charge on any atom is -0.309 e. The fourth-order valence-electron chi connectivity index (χ4n) is 9.17. The van der Waals surface area contributed by atoms with Gasteiger partial charge in [0.05, 0.1) is 11.0 Å². The van der Waals surface area contributed by atoms with Crippen molar-refractivity contribution in [3.63, 3.8) is 0 Å². The van der Waals surface area contributed by atoms with E-state index in [1.54, 1.807) is 0 Å². The van der Waals surface area contributed by atoms with Crippen molar-refractivity contribution >= 4 is 21.8 Å². The van der Waals surface area contributed by atoms with E-state index < -0.39 is 0 Å². The first-order valence-corrected chi connectivity index (χ1v) is 19.6. The fraction of sp³-hybridized carbons (Fsp3) is 0.111. The van der Waals surface area contributed by atoms with E-state index in [1.807, 2.05) is 0 Å². The number of hydrogen-bond donors (Lipinski definition) is 0. The third-order valence-electron chi connectivity index (χ3n) is 12.1. The molecule has 8 aromatic carbocycles. The molecule has 0 fully saturated rings. The minimum absolute atomic E-state index is 0.00986. The Kier molecular flexibility index (Phi) is 8.11. The molecular weight excluding hydrogens is 663 g/mol. The van der Waals surface area contributed by atoms with E-state index >= 15 is 0 Å². The minimum atomic E-state index is -0.00986. The Bertz CT molecular complexity index is 2800. The Morgan fingerprint density at radius 2 is 0.982 bits per heavy atom. The molecule has 0 bridgehead atoms. The van der Waals surface area contributed by atoms with Gasteiger partial charge in [-0.25, -0.2) is 0 Å². The maximum absolute atomic E-state index is 2.49. The standard InChI is InChI=1S/C54H43N/c1-54(2)50-19-11-9-17-46(50)47-31-23-38(35-51(47)54)34-44(42-28-26-40(27-29-42)39-13-5-3-6-14-39)33-37-21-24-41(25-22-37)43-30-32-53-49(36-43)48-18-10-12-20-52(48)55(53)45-15-7-4-8-16-45/h3-32,35-36,44H,33-34H2,1-2H3. The maximum atomic E-state index is 2.49. The van der Waals surface area contributed by atoms with Crippen LogP contribution in [-0.4, -0.2) is 4.57 Å². The number of rotatable bonds is 8. The first-order valence-electron chi connectivity index (χ1n) is 19.6. The summed E-state index contributed by atoms with van der Waals surface area (Å²) >= 11 is 0.